The van der Waals surface area contributed by atoms with Crippen molar-refractivity contribution >= 4 is 11.7 Å². The van der Waals surface area contributed by atoms with Crippen molar-refractivity contribution in [1.82, 2.24) is 0 Å². The number of hydrogen-bond donors (Lipinski definition) is 1. The van der Waals surface area contributed by atoms with Crippen LogP contribution in [0.25, 0.3) is 0 Å². The van der Waals surface area contributed by atoms with Gasteiger partial charge in [-0.25, -0.2) is 0 Å². The standard InChI is InChI=1S/C6H6.C4H8O.C3H7NO.C2H6/c1-2-4-6-5-3-1;1-3-4(2)5;1-2-3(4)5;1-2/h1-6H;3H2,1-2H3;2H2,1H3,(H2,4,5);1-2H3. The van der Waals surface area contributed by atoms with Crippen molar-refractivity contribution in [2.75, 3.05) is 0 Å². The Kier molecular flexibility index (Phi) is 24.9. The molecule has 3 heteroatoms. The zero-order valence-corrected chi connectivity index (χ0v) is 12.3. The third-order valence-electron chi connectivity index (χ3n) is 1.51. The maximum absolute atomic E-state index is 9.81. The molecule has 0 saturated heterocycles. The van der Waals surface area contributed by atoms with E-state index in [2.05, 4.69) is 5.73 Å². The van der Waals surface area contributed by atoms with Gasteiger partial charge in [0.2, 0.25) is 5.91 Å². The molecular weight excluding hydrogens is 226 g/mol. The van der Waals surface area contributed by atoms with Crippen LogP contribution in [0.2, 0.25) is 0 Å². The molecule has 0 fully saturated rings. The first-order valence-corrected chi connectivity index (χ1v) is 6.32. The summed E-state index contributed by atoms with van der Waals surface area (Å²) in [5.41, 5.74) is 4.65. The SMILES string of the molecule is CC.CCC(C)=O.CCC(N)=O.c1ccccc1. The maximum atomic E-state index is 9.81. The van der Waals surface area contributed by atoms with E-state index in [1.807, 2.05) is 57.2 Å². The first kappa shape index (κ1) is 21.6. The minimum atomic E-state index is -0.245. The molecule has 0 bridgehead atoms. The molecule has 0 saturated carbocycles. The second-order valence-electron chi connectivity index (χ2n) is 3.03. The number of amides is 1. The van der Waals surface area contributed by atoms with E-state index >= 15 is 0 Å². The van der Waals surface area contributed by atoms with Gasteiger partial charge in [-0.2, -0.15) is 0 Å². The molecular formula is C15H27NO2. The van der Waals surface area contributed by atoms with Gasteiger partial charge in [-0.3, -0.25) is 4.79 Å². The smallest absolute Gasteiger partial charge is 0.217 e. The molecule has 18 heavy (non-hydrogen) atoms. The van der Waals surface area contributed by atoms with Crippen LogP contribution >= 0.6 is 0 Å². The Hall–Kier alpha value is -1.64. The lowest BCUT2D eigenvalue weighted by Crippen LogP contribution is -2.06. The highest BCUT2D eigenvalue weighted by molar-refractivity contribution is 5.74. The molecule has 104 valence electrons. The fourth-order valence-electron chi connectivity index (χ4n) is 0.385. The van der Waals surface area contributed by atoms with Gasteiger partial charge in [0.25, 0.3) is 0 Å². The summed E-state index contributed by atoms with van der Waals surface area (Å²) in [6.07, 6.45) is 1.11. The minimum Gasteiger partial charge on any atom is -0.370 e. The molecule has 1 aromatic rings. The highest BCUT2D eigenvalue weighted by atomic mass is 16.1. The number of hydrogen-bond acceptors (Lipinski definition) is 2. The van der Waals surface area contributed by atoms with Crippen LogP contribution in [0.3, 0.4) is 0 Å². The highest BCUT2D eigenvalue weighted by Gasteiger charge is 1.77. The number of carbonyl (C=O) groups excluding carboxylic acids is 2. The fourth-order valence-corrected chi connectivity index (χ4v) is 0.385. The predicted octanol–water partition coefficient (Wildman–Crippen LogP) is 3.58. The van der Waals surface area contributed by atoms with E-state index in [1.54, 1.807) is 13.8 Å². The van der Waals surface area contributed by atoms with Crippen molar-refractivity contribution in [2.24, 2.45) is 5.73 Å². The van der Waals surface area contributed by atoms with E-state index in [4.69, 9.17) is 0 Å². The number of Topliss-reactive ketones (excluding diaryl/α,β-unsaturated/α-hetero) is 1. The van der Waals surface area contributed by atoms with Gasteiger partial charge in [0.05, 0.1) is 0 Å². The molecule has 0 aromatic heterocycles. The number of rotatable bonds is 2. The monoisotopic (exact) mass is 253 g/mol. The molecule has 0 unspecified atom stereocenters. The molecule has 1 amide bonds. The van der Waals surface area contributed by atoms with Crippen molar-refractivity contribution in [3.63, 3.8) is 0 Å². The Morgan fingerprint density at radius 3 is 1.06 bits per heavy atom. The van der Waals surface area contributed by atoms with Gasteiger partial charge in [0.1, 0.15) is 5.78 Å². The summed E-state index contributed by atoms with van der Waals surface area (Å²) >= 11 is 0. The van der Waals surface area contributed by atoms with Crippen LogP contribution in [-0.4, -0.2) is 11.7 Å². The van der Waals surface area contributed by atoms with Crippen LogP contribution in [0.15, 0.2) is 36.4 Å². The molecule has 0 aliphatic carbocycles. The summed E-state index contributed by atoms with van der Waals surface area (Å²) < 4.78 is 0. The van der Waals surface area contributed by atoms with Crippen LogP contribution in [0.1, 0.15) is 47.5 Å². The first-order valence-electron chi connectivity index (χ1n) is 6.32. The normalized spacial score (nSPS) is 7.17. The Morgan fingerprint density at radius 2 is 1.00 bits per heavy atom. The van der Waals surface area contributed by atoms with E-state index in [0.717, 1.165) is 0 Å². The van der Waals surface area contributed by atoms with E-state index in [-0.39, 0.29) is 11.7 Å². The molecule has 1 rings (SSSR count). The largest absolute Gasteiger partial charge is 0.370 e. The number of ketones is 1. The van der Waals surface area contributed by atoms with Gasteiger partial charge in [0.15, 0.2) is 0 Å². The molecule has 2 N–H and O–H groups in total. The van der Waals surface area contributed by atoms with Crippen molar-refractivity contribution in [2.45, 2.75) is 47.5 Å². The third kappa shape index (κ3) is 36.7. The van der Waals surface area contributed by atoms with E-state index < -0.39 is 0 Å². The van der Waals surface area contributed by atoms with Crippen molar-refractivity contribution in [3.8, 4) is 0 Å². The average molecular weight is 253 g/mol. The number of benzene rings is 1. The van der Waals surface area contributed by atoms with E-state index in [1.165, 1.54) is 0 Å². The van der Waals surface area contributed by atoms with Gasteiger partial charge < -0.3 is 10.5 Å². The lowest BCUT2D eigenvalue weighted by Gasteiger charge is -1.73. The van der Waals surface area contributed by atoms with Gasteiger partial charge in [-0.1, -0.05) is 64.1 Å². The van der Waals surface area contributed by atoms with Crippen LogP contribution in [0.5, 0.6) is 0 Å². The topological polar surface area (TPSA) is 60.2 Å². The Bertz CT molecular complexity index is 230. The quantitative estimate of drug-likeness (QED) is 0.875. The zero-order valence-electron chi connectivity index (χ0n) is 12.3. The molecule has 0 atom stereocenters. The Balaban J connectivity index is -0.000000177. The van der Waals surface area contributed by atoms with E-state index in [0.29, 0.717) is 12.8 Å². The summed E-state index contributed by atoms with van der Waals surface area (Å²) in [6.45, 7) is 9.16. The Labute approximate surface area is 111 Å². The summed E-state index contributed by atoms with van der Waals surface area (Å²) in [4.78, 5) is 19.4. The first-order chi connectivity index (χ1) is 8.54. The number of primary amides is 1. The lowest BCUT2D eigenvalue weighted by molar-refractivity contribution is -0.118. The molecule has 0 spiro atoms. The molecule has 3 nitrogen and oxygen atoms in total. The average Bonchev–Trinajstić information content (AvgIpc) is 2.44. The molecule has 0 heterocycles. The van der Waals surface area contributed by atoms with Crippen molar-refractivity contribution < 1.29 is 9.59 Å². The summed E-state index contributed by atoms with van der Waals surface area (Å²) in [6, 6.07) is 12.0. The maximum Gasteiger partial charge on any atom is 0.217 e. The predicted molar refractivity (Wildman–Crippen MR) is 78.2 cm³/mol. The lowest BCUT2D eigenvalue weighted by atomic mass is 10.4. The highest BCUT2D eigenvalue weighted by Crippen LogP contribution is 1.79. The van der Waals surface area contributed by atoms with Gasteiger partial charge in [-0.05, 0) is 6.92 Å². The molecule has 0 aliphatic heterocycles. The van der Waals surface area contributed by atoms with E-state index in [9.17, 15) is 9.59 Å². The zero-order chi connectivity index (χ0) is 14.8. The van der Waals surface area contributed by atoms with Crippen molar-refractivity contribution in [3.05, 3.63) is 36.4 Å². The van der Waals surface area contributed by atoms with Crippen LogP contribution in [0.4, 0.5) is 0 Å². The van der Waals surface area contributed by atoms with Gasteiger partial charge >= 0.3 is 0 Å². The van der Waals surface area contributed by atoms with Crippen LogP contribution in [-0.2, 0) is 9.59 Å². The van der Waals surface area contributed by atoms with Crippen LogP contribution < -0.4 is 5.73 Å². The number of carbonyl (C=O) groups is 2. The Morgan fingerprint density at radius 1 is 0.833 bits per heavy atom. The summed E-state index contributed by atoms with van der Waals surface area (Å²) in [7, 11) is 0. The molecule has 1 aromatic carbocycles. The number of nitrogens with two attached hydrogens (primary N) is 1. The summed E-state index contributed by atoms with van der Waals surface area (Å²) in [5.74, 6) is 0.00926. The van der Waals surface area contributed by atoms with Crippen LogP contribution in [0, 0.1) is 0 Å². The molecule has 0 aliphatic rings. The second kappa shape index (κ2) is 20.7. The fraction of sp³-hybridized carbons (Fsp3) is 0.467. The van der Waals surface area contributed by atoms with Crippen molar-refractivity contribution in [1.29, 1.82) is 0 Å². The summed E-state index contributed by atoms with van der Waals surface area (Å²) in [5, 5.41) is 0. The third-order valence-corrected chi connectivity index (χ3v) is 1.51. The molecule has 0 radical (unpaired) electrons. The minimum absolute atomic E-state index is 0.245. The second-order valence-corrected chi connectivity index (χ2v) is 3.03. The van der Waals surface area contributed by atoms with Gasteiger partial charge in [-0.15, -0.1) is 0 Å². The van der Waals surface area contributed by atoms with Gasteiger partial charge in [0, 0.05) is 12.8 Å².